The Kier molecular flexibility index (Phi) is 3.80. The highest BCUT2D eigenvalue weighted by Gasteiger charge is 2.26. The van der Waals surface area contributed by atoms with Crippen molar-refractivity contribution in [2.45, 2.75) is 26.3 Å². The number of non-ortho nitro benzene ring substituents is 1. The molecule has 0 aliphatic carbocycles. The zero-order valence-electron chi connectivity index (χ0n) is 11.6. The maximum absolute atomic E-state index is 10.6. The molecular weight excluding hydrogens is 260 g/mol. The summed E-state index contributed by atoms with van der Waals surface area (Å²) >= 11 is 0. The Bertz CT molecular complexity index is 604. The second-order valence-electron chi connectivity index (χ2n) is 4.88. The van der Waals surface area contributed by atoms with E-state index in [4.69, 9.17) is 4.52 Å². The predicted molar refractivity (Wildman–Crippen MR) is 73.1 cm³/mol. The summed E-state index contributed by atoms with van der Waals surface area (Å²) in [6.45, 7) is 6.67. The summed E-state index contributed by atoms with van der Waals surface area (Å²) in [5.41, 5.74) is 0.296. The van der Waals surface area contributed by atoms with Gasteiger partial charge in [-0.3, -0.25) is 10.1 Å². The highest BCUT2D eigenvalue weighted by Crippen LogP contribution is 2.23. The van der Waals surface area contributed by atoms with Gasteiger partial charge in [-0.2, -0.15) is 4.98 Å². The van der Waals surface area contributed by atoms with Crippen molar-refractivity contribution in [3.8, 4) is 11.4 Å². The van der Waals surface area contributed by atoms with E-state index in [1.165, 1.54) is 12.1 Å². The van der Waals surface area contributed by atoms with Crippen LogP contribution in [-0.4, -0.2) is 21.6 Å². The molecule has 7 heteroatoms. The van der Waals surface area contributed by atoms with E-state index in [-0.39, 0.29) is 5.69 Å². The number of aromatic nitrogens is 2. The molecule has 0 amide bonds. The third-order valence-electron chi connectivity index (χ3n) is 2.92. The Labute approximate surface area is 116 Å². The molecule has 7 nitrogen and oxygen atoms in total. The van der Waals surface area contributed by atoms with Gasteiger partial charge < -0.3 is 9.84 Å². The van der Waals surface area contributed by atoms with E-state index in [1.807, 2.05) is 20.8 Å². The maximum atomic E-state index is 10.6. The number of nitrogens with one attached hydrogen (secondary N) is 1. The second kappa shape index (κ2) is 5.38. The van der Waals surface area contributed by atoms with Crippen molar-refractivity contribution < 1.29 is 9.45 Å². The molecule has 1 heterocycles. The minimum Gasteiger partial charge on any atom is -0.337 e. The van der Waals surface area contributed by atoms with Gasteiger partial charge in [-0.25, -0.2) is 0 Å². The maximum Gasteiger partial charge on any atom is 0.269 e. The highest BCUT2D eigenvalue weighted by molar-refractivity contribution is 5.56. The SMILES string of the molecule is CCNC(C)(C)c1nc(-c2ccc([N+](=O)[O-])cc2)no1. The smallest absolute Gasteiger partial charge is 0.269 e. The van der Waals surface area contributed by atoms with Crippen LogP contribution in [0.4, 0.5) is 5.69 Å². The van der Waals surface area contributed by atoms with Crippen molar-refractivity contribution in [2.24, 2.45) is 0 Å². The van der Waals surface area contributed by atoms with Crippen molar-refractivity contribution in [1.29, 1.82) is 0 Å². The quantitative estimate of drug-likeness (QED) is 0.666. The van der Waals surface area contributed by atoms with Gasteiger partial charge in [0, 0.05) is 17.7 Å². The topological polar surface area (TPSA) is 94.1 Å². The van der Waals surface area contributed by atoms with Gasteiger partial charge in [0.1, 0.15) is 0 Å². The number of hydrogen-bond donors (Lipinski definition) is 1. The van der Waals surface area contributed by atoms with Crippen molar-refractivity contribution in [2.75, 3.05) is 6.54 Å². The van der Waals surface area contributed by atoms with E-state index in [2.05, 4.69) is 15.5 Å². The number of nitro benzene ring substituents is 1. The van der Waals surface area contributed by atoms with Crippen molar-refractivity contribution in [3.05, 3.63) is 40.3 Å². The van der Waals surface area contributed by atoms with Gasteiger partial charge in [-0.15, -0.1) is 0 Å². The molecular formula is C13H16N4O3. The summed E-state index contributed by atoms with van der Waals surface area (Å²) in [5, 5.41) is 17.8. The van der Waals surface area contributed by atoms with Crippen LogP contribution in [0.3, 0.4) is 0 Å². The molecule has 0 radical (unpaired) electrons. The van der Waals surface area contributed by atoms with Gasteiger partial charge in [0.25, 0.3) is 5.69 Å². The molecule has 106 valence electrons. The van der Waals surface area contributed by atoms with Crippen LogP contribution < -0.4 is 5.32 Å². The lowest BCUT2D eigenvalue weighted by molar-refractivity contribution is -0.384. The van der Waals surface area contributed by atoms with Crippen LogP contribution in [-0.2, 0) is 5.54 Å². The van der Waals surface area contributed by atoms with Gasteiger partial charge in [0.2, 0.25) is 11.7 Å². The molecule has 0 unspecified atom stereocenters. The van der Waals surface area contributed by atoms with E-state index in [0.29, 0.717) is 17.3 Å². The third-order valence-corrected chi connectivity index (χ3v) is 2.92. The molecule has 2 aromatic rings. The first-order valence-corrected chi connectivity index (χ1v) is 6.28. The van der Waals surface area contributed by atoms with Crippen LogP contribution in [0.25, 0.3) is 11.4 Å². The zero-order chi connectivity index (χ0) is 14.8. The van der Waals surface area contributed by atoms with Crippen LogP contribution in [0.15, 0.2) is 28.8 Å². The Morgan fingerprint density at radius 1 is 1.35 bits per heavy atom. The molecule has 0 saturated carbocycles. The van der Waals surface area contributed by atoms with Crippen molar-refractivity contribution >= 4 is 5.69 Å². The van der Waals surface area contributed by atoms with Crippen LogP contribution in [0.2, 0.25) is 0 Å². The molecule has 1 aromatic carbocycles. The fourth-order valence-corrected chi connectivity index (χ4v) is 1.84. The predicted octanol–water partition coefficient (Wildman–Crippen LogP) is 2.49. The largest absolute Gasteiger partial charge is 0.337 e. The normalized spacial score (nSPS) is 11.6. The van der Waals surface area contributed by atoms with Crippen LogP contribution in [0.5, 0.6) is 0 Å². The Balaban J connectivity index is 2.26. The number of nitro groups is 1. The molecule has 0 saturated heterocycles. The van der Waals surface area contributed by atoms with Gasteiger partial charge >= 0.3 is 0 Å². The van der Waals surface area contributed by atoms with Crippen molar-refractivity contribution in [1.82, 2.24) is 15.5 Å². The number of nitrogens with zero attached hydrogens (tertiary/aromatic N) is 3. The fraction of sp³-hybridized carbons (Fsp3) is 0.385. The lowest BCUT2D eigenvalue weighted by Crippen LogP contribution is -2.36. The summed E-state index contributed by atoms with van der Waals surface area (Å²) in [5.74, 6) is 0.897. The van der Waals surface area contributed by atoms with Gasteiger partial charge in [-0.05, 0) is 32.5 Å². The molecule has 1 N–H and O–H groups in total. The molecule has 1 aromatic heterocycles. The Morgan fingerprint density at radius 3 is 2.55 bits per heavy atom. The molecule has 0 fully saturated rings. The highest BCUT2D eigenvalue weighted by atomic mass is 16.6. The molecule has 0 aliphatic rings. The second-order valence-corrected chi connectivity index (χ2v) is 4.88. The fourth-order valence-electron chi connectivity index (χ4n) is 1.84. The van der Waals surface area contributed by atoms with Crippen LogP contribution in [0.1, 0.15) is 26.7 Å². The van der Waals surface area contributed by atoms with Crippen molar-refractivity contribution in [3.63, 3.8) is 0 Å². The summed E-state index contributed by atoms with van der Waals surface area (Å²) in [6, 6.07) is 6.04. The van der Waals surface area contributed by atoms with E-state index >= 15 is 0 Å². The summed E-state index contributed by atoms with van der Waals surface area (Å²) < 4.78 is 5.26. The molecule has 20 heavy (non-hydrogen) atoms. The number of benzene rings is 1. The third kappa shape index (κ3) is 2.83. The van der Waals surface area contributed by atoms with Gasteiger partial charge in [-0.1, -0.05) is 12.1 Å². The summed E-state index contributed by atoms with van der Waals surface area (Å²) in [4.78, 5) is 14.5. The van der Waals surface area contributed by atoms with E-state index in [9.17, 15) is 10.1 Å². The number of hydrogen-bond acceptors (Lipinski definition) is 6. The molecule has 0 aliphatic heterocycles. The van der Waals surface area contributed by atoms with E-state index in [0.717, 1.165) is 6.54 Å². The van der Waals surface area contributed by atoms with Gasteiger partial charge in [0.05, 0.1) is 10.5 Å². The Morgan fingerprint density at radius 2 is 2.00 bits per heavy atom. The van der Waals surface area contributed by atoms with E-state index in [1.54, 1.807) is 12.1 Å². The first-order valence-electron chi connectivity index (χ1n) is 6.28. The first-order chi connectivity index (χ1) is 9.44. The lowest BCUT2D eigenvalue weighted by Gasteiger charge is -2.20. The number of rotatable bonds is 5. The minimum atomic E-state index is -0.445. The molecule has 0 bridgehead atoms. The molecule has 0 spiro atoms. The van der Waals surface area contributed by atoms with E-state index < -0.39 is 10.5 Å². The Hall–Kier alpha value is -2.28. The average molecular weight is 276 g/mol. The van der Waals surface area contributed by atoms with Crippen LogP contribution >= 0.6 is 0 Å². The van der Waals surface area contributed by atoms with Crippen LogP contribution in [0, 0.1) is 10.1 Å². The standard InChI is InChI=1S/C13H16N4O3/c1-4-14-13(2,3)12-15-11(16-20-12)9-5-7-10(8-6-9)17(18)19/h5-8,14H,4H2,1-3H3. The monoisotopic (exact) mass is 276 g/mol. The average Bonchev–Trinajstić information content (AvgIpc) is 2.89. The lowest BCUT2D eigenvalue weighted by atomic mass is 10.1. The summed E-state index contributed by atoms with van der Waals surface area (Å²) in [7, 11) is 0. The molecule has 2 rings (SSSR count). The minimum absolute atomic E-state index is 0.0328. The zero-order valence-corrected chi connectivity index (χ0v) is 11.6. The van der Waals surface area contributed by atoms with Gasteiger partial charge in [0.15, 0.2) is 0 Å². The first kappa shape index (κ1) is 14.1. The summed E-state index contributed by atoms with van der Waals surface area (Å²) in [6.07, 6.45) is 0. The molecule has 0 atom stereocenters.